The highest BCUT2D eigenvalue weighted by molar-refractivity contribution is 5.72. The van der Waals surface area contributed by atoms with Crippen LogP contribution in [0.1, 0.15) is 240 Å². The van der Waals surface area contributed by atoms with E-state index in [1.54, 1.807) is 0 Å². The molecule has 0 fully saturated rings. The lowest BCUT2D eigenvalue weighted by molar-refractivity contribution is -0.149. The first-order valence-electron chi connectivity index (χ1n) is 23.2. The predicted octanol–water partition coefficient (Wildman–Crippen LogP) is 13.4. The van der Waals surface area contributed by atoms with Crippen molar-refractivity contribution in [3.8, 4) is 0 Å². The summed E-state index contributed by atoms with van der Waals surface area (Å²) in [6.07, 6.45) is 39.6. The number of nitrogens with zero attached hydrogens (tertiary/aromatic N) is 1. The van der Waals surface area contributed by atoms with Gasteiger partial charge in [-0.1, -0.05) is 182 Å². The largest absolute Gasteiger partial charge is 0.465 e. The van der Waals surface area contributed by atoms with Crippen LogP contribution in [-0.4, -0.2) is 60.0 Å². The molecule has 0 radical (unpaired) electrons. The smallest absolute Gasteiger partial charge is 0.308 e. The minimum atomic E-state index is -0.250. The van der Waals surface area contributed by atoms with Crippen LogP contribution in [0.25, 0.3) is 0 Å². The number of hydrogen-bond acceptors (Lipinski definition) is 5. The Balaban J connectivity index is 4.80. The highest BCUT2D eigenvalue weighted by Crippen LogP contribution is 2.24. The molecule has 2 atom stereocenters. The molecule has 0 aliphatic rings. The SMILES string of the molecule is CCCCCCCCC(CCCCCC)C(=O)OCCCCCCN(CCCCCO)C[C@@H](O)C(CCCCCCCC)CCCCCCCC. The minimum absolute atomic E-state index is 0.0552. The number of rotatable bonds is 42. The zero-order valence-corrected chi connectivity index (χ0v) is 35.3. The van der Waals surface area contributed by atoms with Gasteiger partial charge >= 0.3 is 5.97 Å². The Morgan fingerprint density at radius 2 is 0.863 bits per heavy atom. The van der Waals surface area contributed by atoms with Gasteiger partial charge in [0.05, 0.1) is 18.6 Å². The van der Waals surface area contributed by atoms with Crippen LogP contribution in [0.15, 0.2) is 0 Å². The lowest BCUT2D eigenvalue weighted by Crippen LogP contribution is -2.38. The average molecular weight is 724 g/mol. The van der Waals surface area contributed by atoms with Gasteiger partial charge in [-0.2, -0.15) is 0 Å². The number of unbranched alkanes of at least 4 members (excludes halogenated alkanes) is 23. The molecule has 2 N–H and O–H groups in total. The topological polar surface area (TPSA) is 70.0 Å². The first kappa shape index (κ1) is 50.4. The first-order valence-corrected chi connectivity index (χ1v) is 23.2. The Labute approximate surface area is 320 Å². The average Bonchev–Trinajstić information content (AvgIpc) is 3.13. The molecule has 0 saturated carbocycles. The zero-order chi connectivity index (χ0) is 37.5. The van der Waals surface area contributed by atoms with Crippen molar-refractivity contribution < 1.29 is 19.7 Å². The van der Waals surface area contributed by atoms with Crippen molar-refractivity contribution in [2.24, 2.45) is 11.8 Å². The summed E-state index contributed by atoms with van der Waals surface area (Å²) in [6.45, 7) is 12.7. The fourth-order valence-corrected chi connectivity index (χ4v) is 7.69. The number of aliphatic hydroxyl groups is 2. The van der Waals surface area contributed by atoms with Crippen LogP contribution in [0.4, 0.5) is 0 Å². The second-order valence-electron chi connectivity index (χ2n) is 16.2. The van der Waals surface area contributed by atoms with E-state index in [1.165, 1.54) is 128 Å². The van der Waals surface area contributed by atoms with Crippen LogP contribution >= 0.6 is 0 Å². The van der Waals surface area contributed by atoms with E-state index in [9.17, 15) is 15.0 Å². The summed E-state index contributed by atoms with van der Waals surface area (Å²) in [5, 5.41) is 20.9. The Hall–Kier alpha value is -0.650. The number of carbonyl (C=O) groups excluding carboxylic acids is 1. The van der Waals surface area contributed by atoms with E-state index in [0.717, 1.165) is 103 Å². The molecule has 5 heteroatoms. The van der Waals surface area contributed by atoms with Crippen molar-refractivity contribution in [2.75, 3.05) is 32.8 Å². The van der Waals surface area contributed by atoms with Crippen LogP contribution < -0.4 is 0 Å². The maximum atomic E-state index is 13.0. The lowest BCUT2D eigenvalue weighted by Gasteiger charge is -2.30. The molecule has 0 aliphatic carbocycles. The standard InChI is InChI=1S/C46H93NO4/c1-5-9-13-17-20-27-34-43(35-28-21-18-14-10-6-2)45(49)42-47(39-31-25-32-40-48)38-30-23-24-33-41-51-46(50)44(36-26-16-12-8-4)37-29-22-19-15-11-7-3/h43-45,48-49H,5-42H2,1-4H3/t44?,45-/m1/s1. The fraction of sp³-hybridized carbons (Fsp3) is 0.978. The van der Waals surface area contributed by atoms with Gasteiger partial charge in [0.2, 0.25) is 0 Å². The van der Waals surface area contributed by atoms with Gasteiger partial charge < -0.3 is 19.8 Å². The fourth-order valence-electron chi connectivity index (χ4n) is 7.69. The summed E-state index contributed by atoms with van der Waals surface area (Å²) < 4.78 is 5.86. The van der Waals surface area contributed by atoms with Crippen LogP contribution in [-0.2, 0) is 9.53 Å². The lowest BCUT2D eigenvalue weighted by atomic mass is 9.89. The maximum Gasteiger partial charge on any atom is 0.308 e. The Kier molecular flexibility index (Phi) is 40.0. The van der Waals surface area contributed by atoms with Crippen LogP contribution in [0.5, 0.6) is 0 Å². The van der Waals surface area contributed by atoms with Crippen molar-refractivity contribution in [3.63, 3.8) is 0 Å². The number of esters is 1. The van der Waals surface area contributed by atoms with E-state index in [0.29, 0.717) is 12.5 Å². The Bertz CT molecular complexity index is 672. The summed E-state index contributed by atoms with van der Waals surface area (Å²) in [7, 11) is 0. The molecule has 0 aromatic rings. The van der Waals surface area contributed by atoms with Crippen LogP contribution in [0.2, 0.25) is 0 Å². The minimum Gasteiger partial charge on any atom is -0.465 e. The van der Waals surface area contributed by atoms with E-state index in [2.05, 4.69) is 32.6 Å². The highest BCUT2D eigenvalue weighted by atomic mass is 16.5. The molecule has 5 nitrogen and oxygen atoms in total. The second-order valence-corrected chi connectivity index (χ2v) is 16.2. The number of aliphatic hydroxyl groups excluding tert-OH is 2. The van der Waals surface area contributed by atoms with Gasteiger partial charge in [0, 0.05) is 13.2 Å². The molecule has 306 valence electrons. The van der Waals surface area contributed by atoms with Gasteiger partial charge in [-0.15, -0.1) is 0 Å². The molecule has 51 heavy (non-hydrogen) atoms. The van der Waals surface area contributed by atoms with Gasteiger partial charge in [-0.25, -0.2) is 0 Å². The molecule has 0 saturated heterocycles. The molecule has 0 aliphatic heterocycles. The highest BCUT2D eigenvalue weighted by Gasteiger charge is 2.22. The third kappa shape index (κ3) is 33.6. The number of ether oxygens (including phenoxy) is 1. The quantitative estimate of drug-likeness (QED) is 0.0485. The number of hydrogen-bond donors (Lipinski definition) is 2. The van der Waals surface area contributed by atoms with Gasteiger partial charge in [0.1, 0.15) is 0 Å². The Morgan fingerprint density at radius 1 is 0.490 bits per heavy atom. The summed E-state index contributed by atoms with van der Waals surface area (Å²) in [4.78, 5) is 15.6. The van der Waals surface area contributed by atoms with Crippen molar-refractivity contribution in [2.45, 2.75) is 246 Å². The van der Waals surface area contributed by atoms with Gasteiger partial charge in [0.15, 0.2) is 0 Å². The maximum absolute atomic E-state index is 13.0. The number of carbonyl (C=O) groups is 1. The molecule has 0 heterocycles. The third-order valence-corrected chi connectivity index (χ3v) is 11.2. The van der Waals surface area contributed by atoms with E-state index in [-0.39, 0.29) is 24.6 Å². The molecule has 0 rings (SSSR count). The Morgan fingerprint density at radius 3 is 1.33 bits per heavy atom. The normalized spacial score (nSPS) is 13.0. The third-order valence-electron chi connectivity index (χ3n) is 11.2. The van der Waals surface area contributed by atoms with E-state index < -0.39 is 0 Å². The summed E-state index contributed by atoms with van der Waals surface area (Å²) >= 11 is 0. The first-order chi connectivity index (χ1) is 25.0. The molecule has 0 aromatic carbocycles. The molecular weight excluding hydrogens is 631 g/mol. The zero-order valence-electron chi connectivity index (χ0n) is 35.3. The molecule has 0 bridgehead atoms. The van der Waals surface area contributed by atoms with Gasteiger partial charge in [-0.05, 0) is 76.8 Å². The van der Waals surface area contributed by atoms with E-state index in [1.807, 2.05) is 0 Å². The van der Waals surface area contributed by atoms with Crippen molar-refractivity contribution in [1.82, 2.24) is 4.90 Å². The molecule has 0 aromatic heterocycles. The van der Waals surface area contributed by atoms with Crippen molar-refractivity contribution in [1.29, 1.82) is 0 Å². The summed E-state index contributed by atoms with van der Waals surface area (Å²) in [5.41, 5.74) is 0. The van der Waals surface area contributed by atoms with Crippen LogP contribution in [0, 0.1) is 11.8 Å². The van der Waals surface area contributed by atoms with Crippen LogP contribution in [0.3, 0.4) is 0 Å². The predicted molar refractivity (Wildman–Crippen MR) is 223 cm³/mol. The summed E-state index contributed by atoms with van der Waals surface area (Å²) in [6, 6.07) is 0. The molecule has 0 spiro atoms. The van der Waals surface area contributed by atoms with Crippen molar-refractivity contribution in [3.05, 3.63) is 0 Å². The second kappa shape index (κ2) is 40.5. The molecule has 1 unspecified atom stereocenters. The van der Waals surface area contributed by atoms with Gasteiger partial charge in [0.25, 0.3) is 0 Å². The summed E-state index contributed by atoms with van der Waals surface area (Å²) in [5.74, 6) is 0.554. The van der Waals surface area contributed by atoms with E-state index in [4.69, 9.17) is 4.74 Å². The molecular formula is C46H93NO4. The van der Waals surface area contributed by atoms with E-state index >= 15 is 0 Å². The van der Waals surface area contributed by atoms with Gasteiger partial charge in [-0.3, -0.25) is 4.79 Å². The van der Waals surface area contributed by atoms with Crippen molar-refractivity contribution >= 4 is 5.97 Å². The molecule has 0 amide bonds. The monoisotopic (exact) mass is 724 g/mol.